The average molecular weight is 898 g/mol. The number of ketones is 1. The molecule has 15 nitrogen and oxygen atoms in total. The van der Waals surface area contributed by atoms with Gasteiger partial charge in [0.2, 0.25) is 0 Å². The van der Waals surface area contributed by atoms with Gasteiger partial charge in [-0.05, 0) is 62.9 Å². The molecule has 6 rings (SSSR count). The van der Waals surface area contributed by atoms with Crippen molar-refractivity contribution in [2.75, 3.05) is 38.7 Å². The van der Waals surface area contributed by atoms with Gasteiger partial charge in [-0.2, -0.15) is 0 Å². The van der Waals surface area contributed by atoms with Crippen LogP contribution in [0, 0.1) is 36.5 Å². The lowest BCUT2D eigenvalue weighted by Gasteiger charge is -2.39. The van der Waals surface area contributed by atoms with Crippen molar-refractivity contribution in [3.8, 4) is 17.2 Å². The summed E-state index contributed by atoms with van der Waals surface area (Å²) in [5.41, 5.74) is -0.271. The van der Waals surface area contributed by atoms with Gasteiger partial charge in [-0.3, -0.25) is 19.2 Å². The molecular weight excluding hydrogens is 835 g/mol. The van der Waals surface area contributed by atoms with Gasteiger partial charge in [0, 0.05) is 61.9 Å². The number of ether oxygens (including phenoxy) is 5. The van der Waals surface area contributed by atoms with Crippen LogP contribution in [0.2, 0.25) is 0 Å². The summed E-state index contributed by atoms with van der Waals surface area (Å²) in [7, 11) is 1.51. The molecule has 9 atom stereocenters. The lowest BCUT2D eigenvalue weighted by molar-refractivity contribution is -0.157. The zero-order valence-corrected chi connectivity index (χ0v) is 39.4. The van der Waals surface area contributed by atoms with Crippen LogP contribution in [0.1, 0.15) is 85.2 Å². The van der Waals surface area contributed by atoms with E-state index in [0.29, 0.717) is 24.4 Å². The molecule has 350 valence electrons. The van der Waals surface area contributed by atoms with Crippen molar-refractivity contribution in [1.29, 1.82) is 0 Å². The van der Waals surface area contributed by atoms with Crippen LogP contribution in [-0.4, -0.2) is 95.2 Å². The minimum atomic E-state index is -2.01. The predicted molar refractivity (Wildman–Crippen MR) is 248 cm³/mol. The number of aliphatic hydroxyl groups is 1. The molecule has 0 aliphatic carbocycles. The average Bonchev–Trinajstić information content (AvgIpc) is 3.55. The molecule has 5 bridgehead atoms. The van der Waals surface area contributed by atoms with Crippen molar-refractivity contribution in [1.82, 2.24) is 9.88 Å². The number of Topliss-reactive ketones (excluding diaryl/α,β-unsaturated/α-hetero) is 1. The number of aliphatic hydroxyl groups excluding tert-OH is 1. The van der Waals surface area contributed by atoms with E-state index < -0.39 is 58.9 Å². The number of anilines is 1. The number of carbonyl (C=O) groups excluding carboxylic acids is 3. The molecule has 2 aliphatic heterocycles. The highest BCUT2D eigenvalue weighted by molar-refractivity contribution is 6.26. The third kappa shape index (κ3) is 9.50. The second-order valence-corrected chi connectivity index (χ2v) is 17.6. The Morgan fingerprint density at radius 2 is 1.69 bits per heavy atom. The molecule has 0 unspecified atom stereocenters. The normalized spacial score (nSPS) is 28.5. The fraction of sp³-hybridized carbons (Fsp3) is 0.500. The maximum atomic E-state index is 14.8. The number of esters is 1. The zero-order valence-electron chi connectivity index (χ0n) is 39.4. The second-order valence-electron chi connectivity index (χ2n) is 17.6. The summed E-state index contributed by atoms with van der Waals surface area (Å²) in [4.78, 5) is 62.7. The molecule has 0 saturated heterocycles. The first-order valence-electron chi connectivity index (χ1n) is 22.4. The smallest absolute Gasteiger partial charge is 0.312 e. The molecule has 0 saturated carbocycles. The van der Waals surface area contributed by atoms with Crippen LogP contribution in [-0.2, 0) is 23.8 Å². The standard InChI is InChI=1S/C50H63N3O12/c1-13-53(14-2)21-23-61-33-18-19-34-36(24-33)64-47-40(51-34)37-38-43(56)31(9)46-39(37)48(58)50(11,65-46)62-22-20-35(60-12)30(8)45(63-32(10)54)29(7)27(5)28(6)42(55)25(3)16-15-17-26(4)49(59)52-41(47)44(38)57/h15-20,22,24-25,27-30,35,42,45,55,57H,13-14,21,23H2,1-12H3,(H,52,59)/b16-15+,22-20+,26-17-/t25-,27+,28-,29+,30+,35-,42-,45-,50-/m0/s1. The maximum Gasteiger partial charge on any atom is 0.312 e. The van der Waals surface area contributed by atoms with E-state index in [0.717, 1.165) is 13.1 Å². The van der Waals surface area contributed by atoms with E-state index in [2.05, 4.69) is 24.1 Å². The van der Waals surface area contributed by atoms with Crippen LogP contribution >= 0.6 is 0 Å². The van der Waals surface area contributed by atoms with Crippen LogP contribution in [0.25, 0.3) is 33.0 Å². The molecular formula is C50H63N3O12. The number of carbonyl (C=O) groups is 3. The van der Waals surface area contributed by atoms with Crippen LogP contribution in [0.3, 0.4) is 0 Å². The predicted octanol–water partition coefficient (Wildman–Crippen LogP) is 7.99. The molecule has 65 heavy (non-hydrogen) atoms. The van der Waals surface area contributed by atoms with E-state index >= 15 is 0 Å². The molecule has 2 aliphatic rings. The van der Waals surface area contributed by atoms with Crippen molar-refractivity contribution in [2.45, 2.75) is 100 Å². The minimum Gasteiger partial charge on any atom is -0.505 e. The molecule has 1 aromatic heterocycles. The van der Waals surface area contributed by atoms with Gasteiger partial charge in [0.25, 0.3) is 11.7 Å². The van der Waals surface area contributed by atoms with Gasteiger partial charge >= 0.3 is 11.8 Å². The minimum absolute atomic E-state index is 0.00180. The number of methoxy groups -OCH3 is 1. The maximum absolute atomic E-state index is 14.8. The Bertz CT molecular complexity index is 2630. The summed E-state index contributed by atoms with van der Waals surface area (Å²) < 4.78 is 36.7. The van der Waals surface area contributed by atoms with E-state index in [-0.39, 0.29) is 79.3 Å². The summed E-state index contributed by atoms with van der Waals surface area (Å²) in [6.45, 7) is 22.5. The lowest BCUT2D eigenvalue weighted by atomic mass is 9.73. The van der Waals surface area contributed by atoms with Crippen molar-refractivity contribution in [3.63, 3.8) is 0 Å². The molecule has 0 fully saturated rings. The summed E-state index contributed by atoms with van der Waals surface area (Å²) >= 11 is 0. The van der Waals surface area contributed by atoms with Crippen molar-refractivity contribution in [2.24, 2.45) is 29.6 Å². The van der Waals surface area contributed by atoms with E-state index in [1.807, 2.05) is 34.6 Å². The van der Waals surface area contributed by atoms with Crippen molar-refractivity contribution in [3.05, 3.63) is 75.7 Å². The number of nitrogens with one attached hydrogen (secondary N) is 1. The highest BCUT2D eigenvalue weighted by atomic mass is 16.7. The number of benzene rings is 3. The van der Waals surface area contributed by atoms with Crippen LogP contribution < -0.4 is 20.2 Å². The highest BCUT2D eigenvalue weighted by Gasteiger charge is 2.49. The Balaban J connectivity index is 1.56. The van der Waals surface area contributed by atoms with Gasteiger partial charge in [0.1, 0.15) is 40.9 Å². The Morgan fingerprint density at radius 3 is 2.35 bits per heavy atom. The molecule has 1 amide bonds. The third-order valence-corrected chi connectivity index (χ3v) is 13.5. The molecule has 0 spiro atoms. The number of hydrogen-bond acceptors (Lipinski definition) is 14. The lowest BCUT2D eigenvalue weighted by Crippen LogP contribution is -2.43. The number of rotatable bonds is 8. The molecule has 3 heterocycles. The molecule has 4 aromatic rings. The van der Waals surface area contributed by atoms with Crippen LogP contribution in [0.4, 0.5) is 5.69 Å². The van der Waals surface area contributed by atoms with Gasteiger partial charge < -0.3 is 48.5 Å². The van der Waals surface area contributed by atoms with Gasteiger partial charge in [-0.25, -0.2) is 4.98 Å². The first kappa shape index (κ1) is 48.7. The number of likely N-dealkylation sites (N-methyl/N-ethyl adjacent to an activating group) is 1. The zero-order chi connectivity index (χ0) is 47.7. The number of allylic oxidation sites excluding steroid dienone is 2. The number of hydrogen-bond donors (Lipinski definition) is 3. The number of phenols is 1. The summed E-state index contributed by atoms with van der Waals surface area (Å²) in [5.74, 6) is -5.43. The fourth-order valence-electron chi connectivity index (χ4n) is 8.92. The summed E-state index contributed by atoms with van der Waals surface area (Å²) in [6.07, 6.45) is 5.77. The van der Waals surface area contributed by atoms with Crippen LogP contribution in [0.5, 0.6) is 17.2 Å². The number of fused-ring (bicyclic) bond motifs is 5. The third-order valence-electron chi connectivity index (χ3n) is 13.5. The number of aromatic nitrogens is 1. The number of amides is 1. The number of aromatic hydroxyl groups is 1. The van der Waals surface area contributed by atoms with Crippen LogP contribution in [0.15, 0.2) is 63.6 Å². The molecule has 0 radical (unpaired) electrons. The second kappa shape index (κ2) is 19.8. The number of nitrogens with zero attached hydrogens (tertiary/aromatic N) is 2. The quantitative estimate of drug-likeness (QED) is 0.0666. The topological polar surface area (TPSA) is 196 Å². The van der Waals surface area contributed by atoms with Gasteiger partial charge in [0.05, 0.1) is 29.4 Å². The molecule has 15 heteroatoms. The number of phenolic OH excluding ortho intramolecular Hbond substituents is 1. The largest absolute Gasteiger partial charge is 0.505 e. The SMILES string of the molecule is CCN(CC)CCOc1ccc2nc3c(oc2c1)c1c(O)c2c(=O)c(C)c4c(c23)C(=O)[C@@](C)(O/C=C/[C@H](OC)[C@@H](C)[C@@H](OC(C)=O)[C@H](C)[C@H](C)[C@H](C)[C@@H](O)[C@@H](C)/C=C/C=C(/C)C(=O)N1)O4. The fourth-order valence-corrected chi connectivity index (χ4v) is 8.92. The molecule has 3 aromatic carbocycles. The Hall–Kier alpha value is -5.77. The van der Waals surface area contributed by atoms with E-state index in [9.17, 15) is 29.4 Å². The summed E-state index contributed by atoms with van der Waals surface area (Å²) in [6, 6.07) is 5.07. The van der Waals surface area contributed by atoms with E-state index in [1.165, 1.54) is 34.1 Å². The van der Waals surface area contributed by atoms with Crippen molar-refractivity contribution >= 4 is 56.3 Å². The highest BCUT2D eigenvalue weighted by Crippen LogP contribution is 2.48. The monoisotopic (exact) mass is 897 g/mol. The van der Waals surface area contributed by atoms with E-state index in [1.54, 1.807) is 49.4 Å². The summed E-state index contributed by atoms with van der Waals surface area (Å²) in [5, 5.41) is 26.1. The van der Waals surface area contributed by atoms with Gasteiger partial charge in [-0.1, -0.05) is 66.7 Å². The molecule has 3 N–H and O–H groups in total. The van der Waals surface area contributed by atoms with E-state index in [4.69, 9.17) is 33.1 Å². The van der Waals surface area contributed by atoms with Gasteiger partial charge in [0.15, 0.2) is 22.3 Å². The van der Waals surface area contributed by atoms with Crippen molar-refractivity contribution < 1.29 is 52.7 Å². The first-order chi connectivity index (χ1) is 30.8. The Labute approximate surface area is 379 Å². The Kier molecular flexibility index (Phi) is 14.8. The first-order valence-corrected chi connectivity index (χ1v) is 22.4. The van der Waals surface area contributed by atoms with Gasteiger partial charge in [-0.15, -0.1) is 0 Å². The Morgan fingerprint density at radius 1 is 0.985 bits per heavy atom.